The number of amides is 1. The molecule has 1 amide bonds. The van der Waals surface area contributed by atoms with Crippen molar-refractivity contribution in [2.24, 2.45) is 0 Å². The summed E-state index contributed by atoms with van der Waals surface area (Å²) in [6.45, 7) is 0. The van der Waals surface area contributed by atoms with Gasteiger partial charge in [-0.05, 0) is 24.3 Å². The molecule has 0 radical (unpaired) electrons. The van der Waals surface area contributed by atoms with Gasteiger partial charge in [-0.15, -0.1) is 0 Å². The van der Waals surface area contributed by atoms with Crippen molar-refractivity contribution in [2.75, 3.05) is 10.6 Å². The summed E-state index contributed by atoms with van der Waals surface area (Å²) in [5, 5.41) is 16.0. The van der Waals surface area contributed by atoms with E-state index >= 15 is 0 Å². The maximum Gasteiger partial charge on any atom is 0.274 e. The molecule has 0 aliphatic rings. The Morgan fingerprint density at radius 2 is 1.75 bits per heavy atom. The second-order valence-corrected chi connectivity index (χ2v) is 5.91. The molecule has 7 nitrogen and oxygen atoms in total. The second-order valence-electron chi connectivity index (χ2n) is 5.91. The van der Waals surface area contributed by atoms with Crippen molar-refractivity contribution >= 4 is 34.0 Å². The van der Waals surface area contributed by atoms with Crippen LogP contribution in [-0.2, 0) is 0 Å². The van der Waals surface area contributed by atoms with Crippen molar-refractivity contribution in [1.82, 2.24) is 15.0 Å². The van der Waals surface area contributed by atoms with Crippen molar-refractivity contribution < 1.29 is 4.79 Å². The van der Waals surface area contributed by atoms with Gasteiger partial charge in [0, 0.05) is 17.6 Å². The number of nitrogens with one attached hydrogen (secondary N) is 2. The van der Waals surface area contributed by atoms with E-state index in [1.165, 1.54) is 12.4 Å². The van der Waals surface area contributed by atoms with Gasteiger partial charge in [0.05, 0.1) is 22.5 Å². The lowest BCUT2D eigenvalue weighted by molar-refractivity contribution is 0.102. The lowest BCUT2D eigenvalue weighted by Crippen LogP contribution is -2.14. The van der Waals surface area contributed by atoms with Gasteiger partial charge in [0.1, 0.15) is 23.9 Å². The Kier molecular flexibility index (Phi) is 4.59. The van der Waals surface area contributed by atoms with Crippen LogP contribution in [0, 0.1) is 11.3 Å². The molecule has 0 fully saturated rings. The summed E-state index contributed by atoms with van der Waals surface area (Å²) >= 11 is 0. The zero-order valence-corrected chi connectivity index (χ0v) is 14.6. The molecule has 28 heavy (non-hydrogen) atoms. The number of carbonyl (C=O) groups is 1. The second kappa shape index (κ2) is 7.51. The molecule has 0 unspecified atom stereocenters. The van der Waals surface area contributed by atoms with Crippen LogP contribution in [0.15, 0.2) is 73.2 Å². The smallest absolute Gasteiger partial charge is 0.274 e. The molecule has 2 aromatic heterocycles. The van der Waals surface area contributed by atoms with Crippen LogP contribution in [0.25, 0.3) is 10.9 Å². The van der Waals surface area contributed by atoms with E-state index in [0.717, 1.165) is 5.39 Å². The predicted octanol–water partition coefficient (Wildman–Crippen LogP) is 3.89. The van der Waals surface area contributed by atoms with Crippen LogP contribution in [0.2, 0.25) is 0 Å². The van der Waals surface area contributed by atoms with Gasteiger partial charge in [-0.3, -0.25) is 9.78 Å². The molecule has 0 aliphatic carbocycles. The van der Waals surface area contributed by atoms with Gasteiger partial charge in [-0.2, -0.15) is 5.26 Å². The molecule has 134 valence electrons. The SMILES string of the molecule is N#Cc1ccccc1Nc1cc(C(=O)Nc2cccc3cccnc23)ncn1. The third-order valence-corrected chi connectivity index (χ3v) is 4.09. The van der Waals surface area contributed by atoms with E-state index < -0.39 is 0 Å². The number of pyridine rings is 1. The van der Waals surface area contributed by atoms with Crippen LogP contribution in [0.4, 0.5) is 17.2 Å². The Morgan fingerprint density at radius 1 is 0.929 bits per heavy atom. The number of rotatable bonds is 4. The Bertz CT molecular complexity index is 1210. The molecule has 0 bridgehead atoms. The predicted molar refractivity (Wildman–Crippen MR) is 106 cm³/mol. The standard InChI is InChI=1S/C21H14N6O/c22-12-15-5-1-2-8-16(15)26-19-11-18(24-13-25-19)21(28)27-17-9-3-6-14-7-4-10-23-20(14)17/h1-11,13H,(H,27,28)(H,24,25,26). The number of nitrogens with zero attached hydrogens (tertiary/aromatic N) is 4. The summed E-state index contributed by atoms with van der Waals surface area (Å²) in [6.07, 6.45) is 2.98. The van der Waals surface area contributed by atoms with Gasteiger partial charge in [-0.25, -0.2) is 9.97 Å². The first-order chi connectivity index (χ1) is 13.7. The molecule has 4 rings (SSSR count). The summed E-state index contributed by atoms with van der Waals surface area (Å²) in [4.78, 5) is 25.2. The summed E-state index contributed by atoms with van der Waals surface area (Å²) in [5.41, 5.74) is 2.59. The minimum absolute atomic E-state index is 0.194. The zero-order valence-electron chi connectivity index (χ0n) is 14.6. The molecular weight excluding hydrogens is 352 g/mol. The van der Waals surface area contributed by atoms with Crippen molar-refractivity contribution in [3.63, 3.8) is 0 Å². The Labute approximate surface area is 160 Å². The van der Waals surface area contributed by atoms with E-state index in [9.17, 15) is 10.1 Å². The van der Waals surface area contributed by atoms with E-state index in [-0.39, 0.29) is 11.6 Å². The zero-order chi connectivity index (χ0) is 19.3. The van der Waals surface area contributed by atoms with Crippen LogP contribution in [-0.4, -0.2) is 20.9 Å². The summed E-state index contributed by atoms with van der Waals surface area (Å²) in [5.74, 6) is 0.0380. The average molecular weight is 366 g/mol. The Balaban J connectivity index is 1.59. The average Bonchev–Trinajstić information content (AvgIpc) is 2.74. The topological polar surface area (TPSA) is 104 Å². The van der Waals surface area contributed by atoms with E-state index in [4.69, 9.17) is 0 Å². The number of hydrogen-bond donors (Lipinski definition) is 2. The first kappa shape index (κ1) is 17.1. The molecule has 0 spiro atoms. The van der Waals surface area contributed by atoms with E-state index in [1.54, 1.807) is 30.5 Å². The summed E-state index contributed by atoms with van der Waals surface area (Å²) < 4.78 is 0. The number of benzene rings is 2. The van der Waals surface area contributed by atoms with Gasteiger partial charge < -0.3 is 10.6 Å². The monoisotopic (exact) mass is 366 g/mol. The van der Waals surface area contributed by atoms with Gasteiger partial charge in [0.15, 0.2) is 0 Å². The van der Waals surface area contributed by atoms with Crippen LogP contribution < -0.4 is 10.6 Å². The quantitative estimate of drug-likeness (QED) is 0.568. The summed E-state index contributed by atoms with van der Waals surface area (Å²) in [6, 6.07) is 20.0. The van der Waals surface area contributed by atoms with Crippen LogP contribution in [0.1, 0.15) is 16.1 Å². The van der Waals surface area contributed by atoms with Crippen LogP contribution in [0.3, 0.4) is 0 Å². The highest BCUT2D eigenvalue weighted by Gasteiger charge is 2.12. The highest BCUT2D eigenvalue weighted by atomic mass is 16.1. The number of para-hydroxylation sites is 2. The molecule has 2 heterocycles. The molecule has 0 saturated carbocycles. The lowest BCUT2D eigenvalue weighted by Gasteiger charge is -2.09. The van der Waals surface area contributed by atoms with E-state index in [1.807, 2.05) is 30.3 Å². The van der Waals surface area contributed by atoms with Gasteiger partial charge in [0.25, 0.3) is 5.91 Å². The fourth-order valence-corrected chi connectivity index (χ4v) is 2.77. The number of aromatic nitrogens is 3. The fraction of sp³-hybridized carbons (Fsp3) is 0. The highest BCUT2D eigenvalue weighted by molar-refractivity contribution is 6.07. The molecule has 2 N–H and O–H groups in total. The van der Waals surface area contributed by atoms with Gasteiger partial charge >= 0.3 is 0 Å². The minimum atomic E-state index is -0.378. The van der Waals surface area contributed by atoms with Crippen LogP contribution >= 0.6 is 0 Å². The first-order valence-electron chi connectivity index (χ1n) is 8.48. The number of fused-ring (bicyclic) bond motifs is 1. The van der Waals surface area contributed by atoms with Crippen molar-refractivity contribution in [2.45, 2.75) is 0 Å². The van der Waals surface area contributed by atoms with Crippen LogP contribution in [0.5, 0.6) is 0 Å². The molecule has 4 aromatic rings. The third kappa shape index (κ3) is 3.48. The number of carbonyl (C=O) groups excluding carboxylic acids is 1. The number of anilines is 3. The maximum absolute atomic E-state index is 12.7. The third-order valence-electron chi connectivity index (χ3n) is 4.09. The van der Waals surface area contributed by atoms with E-state index in [2.05, 4.69) is 31.7 Å². The minimum Gasteiger partial charge on any atom is -0.339 e. The molecular formula is C21H14N6O. The highest BCUT2D eigenvalue weighted by Crippen LogP contribution is 2.22. The number of nitriles is 1. The number of hydrogen-bond acceptors (Lipinski definition) is 6. The molecule has 7 heteroatoms. The molecule has 0 atom stereocenters. The van der Waals surface area contributed by atoms with Gasteiger partial charge in [0.2, 0.25) is 0 Å². The lowest BCUT2D eigenvalue weighted by atomic mass is 10.2. The molecule has 0 aliphatic heterocycles. The van der Waals surface area contributed by atoms with Gasteiger partial charge in [-0.1, -0.05) is 30.3 Å². The van der Waals surface area contributed by atoms with Crippen molar-refractivity contribution in [3.05, 3.63) is 84.4 Å². The van der Waals surface area contributed by atoms with Crippen molar-refractivity contribution in [3.8, 4) is 6.07 Å². The van der Waals surface area contributed by atoms with Crippen molar-refractivity contribution in [1.29, 1.82) is 5.26 Å². The maximum atomic E-state index is 12.7. The van der Waals surface area contributed by atoms with E-state index in [0.29, 0.717) is 28.3 Å². The first-order valence-corrected chi connectivity index (χ1v) is 8.48. The normalized spacial score (nSPS) is 10.2. The summed E-state index contributed by atoms with van der Waals surface area (Å²) in [7, 11) is 0. The molecule has 0 saturated heterocycles. The molecule has 2 aromatic carbocycles. The largest absolute Gasteiger partial charge is 0.339 e. The Hall–Kier alpha value is -4.31. The Morgan fingerprint density at radius 3 is 2.64 bits per heavy atom. The fourth-order valence-electron chi connectivity index (χ4n) is 2.77.